The van der Waals surface area contributed by atoms with E-state index in [1.54, 1.807) is 7.11 Å². The zero-order valence-corrected chi connectivity index (χ0v) is 18.5. The molecular weight excluding hydrogens is 418 g/mol. The van der Waals surface area contributed by atoms with Gasteiger partial charge in [-0.05, 0) is 49.4 Å². The topological polar surface area (TPSA) is 53.3 Å². The van der Waals surface area contributed by atoms with Crippen LogP contribution in [0.25, 0.3) is 21.9 Å². The summed E-state index contributed by atoms with van der Waals surface area (Å²) >= 11 is 0. The fraction of sp³-hybridized carbons (Fsp3) is 0.259. The summed E-state index contributed by atoms with van der Waals surface area (Å²) in [6.07, 6.45) is 0.909. The maximum Gasteiger partial charge on any atom is 0.231 e. The van der Waals surface area contributed by atoms with E-state index in [0.29, 0.717) is 11.5 Å². The maximum atomic E-state index is 5.97. The Morgan fingerprint density at radius 3 is 2.85 bits per heavy atom. The third kappa shape index (κ3) is 3.33. The van der Waals surface area contributed by atoms with Crippen LogP contribution in [0.4, 0.5) is 0 Å². The van der Waals surface area contributed by atoms with Crippen molar-refractivity contribution in [2.24, 2.45) is 0 Å². The first-order chi connectivity index (χ1) is 16.2. The molecule has 6 nitrogen and oxygen atoms in total. The van der Waals surface area contributed by atoms with Gasteiger partial charge in [-0.1, -0.05) is 30.0 Å². The normalized spacial score (nSPS) is 17.0. The van der Waals surface area contributed by atoms with Crippen molar-refractivity contribution < 1.29 is 23.4 Å². The quantitative estimate of drug-likeness (QED) is 0.420. The lowest BCUT2D eigenvalue weighted by atomic mass is 9.91. The van der Waals surface area contributed by atoms with E-state index in [1.165, 1.54) is 5.56 Å². The van der Waals surface area contributed by atoms with Crippen molar-refractivity contribution in [3.05, 3.63) is 59.7 Å². The Bertz CT molecular complexity index is 1430. The lowest BCUT2D eigenvalue weighted by Crippen LogP contribution is -2.31. The van der Waals surface area contributed by atoms with Crippen molar-refractivity contribution in [1.82, 2.24) is 4.90 Å². The minimum Gasteiger partial charge on any atom is -0.492 e. The van der Waals surface area contributed by atoms with E-state index in [0.717, 1.165) is 52.0 Å². The lowest BCUT2D eigenvalue weighted by Gasteiger charge is -2.32. The summed E-state index contributed by atoms with van der Waals surface area (Å²) in [6.45, 7) is 1.40. The highest BCUT2D eigenvalue weighted by Gasteiger charge is 2.33. The molecular formula is C27H23NO5. The Balaban J connectivity index is 1.26. The van der Waals surface area contributed by atoms with Crippen molar-refractivity contribution in [2.75, 3.05) is 34.1 Å². The highest BCUT2D eigenvalue weighted by Crippen LogP contribution is 2.49. The molecule has 3 heterocycles. The molecule has 1 unspecified atom stereocenters. The van der Waals surface area contributed by atoms with Gasteiger partial charge in [-0.25, -0.2) is 0 Å². The van der Waals surface area contributed by atoms with Crippen LogP contribution in [0.5, 0.6) is 23.0 Å². The zero-order valence-electron chi connectivity index (χ0n) is 18.5. The first kappa shape index (κ1) is 19.8. The Labute approximate surface area is 191 Å². The number of fused-ring (bicyclic) bond motifs is 5. The van der Waals surface area contributed by atoms with Crippen LogP contribution in [0.2, 0.25) is 0 Å². The first-order valence-electron chi connectivity index (χ1n) is 10.9. The Morgan fingerprint density at radius 1 is 1.06 bits per heavy atom. The second-order valence-corrected chi connectivity index (χ2v) is 8.22. The third-order valence-corrected chi connectivity index (χ3v) is 6.29. The number of benzene rings is 3. The molecule has 0 aliphatic carbocycles. The number of methoxy groups -OCH3 is 1. The predicted octanol–water partition coefficient (Wildman–Crippen LogP) is 4.93. The zero-order chi connectivity index (χ0) is 22.4. The van der Waals surface area contributed by atoms with E-state index in [2.05, 4.69) is 35.9 Å². The average Bonchev–Trinajstić information content (AvgIpc) is 3.45. The minimum absolute atomic E-state index is 0.109. The van der Waals surface area contributed by atoms with Gasteiger partial charge in [0.15, 0.2) is 11.5 Å². The van der Waals surface area contributed by atoms with Gasteiger partial charge in [0.1, 0.15) is 29.6 Å². The maximum absolute atomic E-state index is 5.97. The number of hydrogen-bond acceptors (Lipinski definition) is 6. The number of hydrogen-bond donors (Lipinski definition) is 0. The predicted molar refractivity (Wildman–Crippen MR) is 125 cm³/mol. The first-order valence-corrected chi connectivity index (χ1v) is 10.9. The molecule has 0 amide bonds. The second kappa shape index (κ2) is 7.95. The van der Waals surface area contributed by atoms with Gasteiger partial charge in [0.2, 0.25) is 12.5 Å². The molecule has 0 radical (unpaired) electrons. The molecule has 166 valence electrons. The molecule has 6 rings (SSSR count). The van der Waals surface area contributed by atoms with Gasteiger partial charge in [0.05, 0.1) is 7.11 Å². The average molecular weight is 441 g/mol. The number of nitrogens with zero attached hydrogens (tertiary/aromatic N) is 1. The van der Waals surface area contributed by atoms with Crippen LogP contribution < -0.4 is 18.9 Å². The van der Waals surface area contributed by atoms with Gasteiger partial charge in [-0.2, -0.15) is 0 Å². The van der Waals surface area contributed by atoms with Crippen molar-refractivity contribution >= 4 is 21.9 Å². The van der Waals surface area contributed by atoms with Crippen molar-refractivity contribution in [2.45, 2.75) is 12.5 Å². The smallest absolute Gasteiger partial charge is 0.231 e. The van der Waals surface area contributed by atoms with Gasteiger partial charge in [0, 0.05) is 22.9 Å². The molecule has 1 aromatic heterocycles. The molecule has 0 saturated carbocycles. The summed E-state index contributed by atoms with van der Waals surface area (Å²) in [4.78, 5) is 2.23. The van der Waals surface area contributed by atoms with Crippen LogP contribution in [0.3, 0.4) is 0 Å². The molecule has 0 N–H and O–H groups in total. The van der Waals surface area contributed by atoms with Gasteiger partial charge < -0.3 is 23.4 Å². The van der Waals surface area contributed by atoms with Crippen molar-refractivity contribution in [3.63, 3.8) is 0 Å². The fourth-order valence-corrected chi connectivity index (χ4v) is 4.67. The lowest BCUT2D eigenvalue weighted by molar-refractivity contribution is 0.171. The number of furan rings is 1. The number of rotatable bonds is 3. The molecule has 0 saturated heterocycles. The second-order valence-electron chi connectivity index (χ2n) is 8.22. The summed E-state index contributed by atoms with van der Waals surface area (Å²) in [5.41, 5.74) is 3.96. The monoisotopic (exact) mass is 441 g/mol. The van der Waals surface area contributed by atoms with Crippen molar-refractivity contribution in [1.29, 1.82) is 0 Å². The van der Waals surface area contributed by atoms with Crippen LogP contribution in [0.15, 0.2) is 52.9 Å². The molecule has 1 atom stereocenters. The molecule has 0 bridgehead atoms. The molecule has 4 aromatic rings. The van der Waals surface area contributed by atoms with E-state index in [1.807, 2.05) is 36.4 Å². The molecule has 2 aliphatic rings. The van der Waals surface area contributed by atoms with Crippen LogP contribution in [0, 0.1) is 11.8 Å². The van der Waals surface area contributed by atoms with Crippen LogP contribution in [-0.2, 0) is 6.42 Å². The van der Waals surface area contributed by atoms with Crippen molar-refractivity contribution in [3.8, 4) is 34.8 Å². The standard InChI is InChI=1S/C27H23NO5/c1-28-12-11-17-14-24-26(32-16-31-24)27(29-2)25(17)21(28)7-5-13-30-18-9-10-23-20(15-18)19-6-3-4-8-22(19)33-23/h3-4,6,8-10,14-15,21H,11-13,16H2,1-2H3. The third-order valence-electron chi connectivity index (χ3n) is 6.29. The molecule has 2 aliphatic heterocycles. The summed E-state index contributed by atoms with van der Waals surface area (Å²) in [6, 6.07) is 15.8. The van der Waals surface area contributed by atoms with E-state index in [4.69, 9.17) is 23.4 Å². The van der Waals surface area contributed by atoms with E-state index in [-0.39, 0.29) is 19.4 Å². The number of para-hydroxylation sites is 1. The molecule has 33 heavy (non-hydrogen) atoms. The number of likely N-dealkylation sites (N-methyl/N-ethyl adjacent to an activating group) is 1. The Hall–Kier alpha value is -3.82. The molecule has 0 spiro atoms. The van der Waals surface area contributed by atoms with Gasteiger partial charge in [-0.3, -0.25) is 4.90 Å². The molecule has 0 fully saturated rings. The summed E-state index contributed by atoms with van der Waals surface area (Å²) < 4.78 is 28.9. The molecule has 6 heteroatoms. The summed E-state index contributed by atoms with van der Waals surface area (Å²) in [7, 11) is 3.74. The highest BCUT2D eigenvalue weighted by atomic mass is 16.7. The van der Waals surface area contributed by atoms with Gasteiger partial charge >= 0.3 is 0 Å². The van der Waals surface area contributed by atoms with E-state index >= 15 is 0 Å². The number of ether oxygens (including phenoxy) is 4. The van der Waals surface area contributed by atoms with Crippen LogP contribution in [0.1, 0.15) is 17.2 Å². The summed E-state index contributed by atoms with van der Waals surface area (Å²) in [5, 5.41) is 2.12. The van der Waals surface area contributed by atoms with Gasteiger partial charge in [-0.15, -0.1) is 0 Å². The van der Waals surface area contributed by atoms with E-state index < -0.39 is 0 Å². The highest BCUT2D eigenvalue weighted by molar-refractivity contribution is 6.05. The fourth-order valence-electron chi connectivity index (χ4n) is 4.67. The Kier molecular flexibility index (Phi) is 4.78. The SMILES string of the molecule is COc1c2c(cc3c1C(C#CCOc1ccc4oc5ccccc5c4c1)N(C)CC3)OCO2. The summed E-state index contributed by atoms with van der Waals surface area (Å²) in [5.74, 6) is 9.47. The van der Waals surface area contributed by atoms with Crippen LogP contribution >= 0.6 is 0 Å². The minimum atomic E-state index is -0.109. The van der Waals surface area contributed by atoms with Crippen LogP contribution in [-0.4, -0.2) is 39.0 Å². The Morgan fingerprint density at radius 2 is 1.94 bits per heavy atom. The van der Waals surface area contributed by atoms with Gasteiger partial charge in [0.25, 0.3) is 0 Å². The van der Waals surface area contributed by atoms with E-state index in [9.17, 15) is 0 Å². The largest absolute Gasteiger partial charge is 0.492 e. The molecule has 3 aromatic carbocycles.